The molecule has 8 heteroatoms. The topological polar surface area (TPSA) is 63.6 Å². The minimum atomic E-state index is -0.186. The smallest absolute Gasteiger partial charge is 0.250 e. The number of amides is 1. The van der Waals surface area contributed by atoms with E-state index in [2.05, 4.69) is 15.5 Å². The van der Waals surface area contributed by atoms with Crippen molar-refractivity contribution in [1.82, 2.24) is 10.4 Å². The van der Waals surface area contributed by atoms with Crippen LogP contribution in [0.2, 0.25) is 5.02 Å². The van der Waals surface area contributed by atoms with Crippen LogP contribution in [0.15, 0.2) is 93.7 Å². The van der Waals surface area contributed by atoms with Gasteiger partial charge >= 0.3 is 0 Å². The third kappa shape index (κ3) is 7.18. The molecule has 0 atom stereocenters. The SMILES string of the molecule is O=C(CSc1nc(-c2ccccc2)cs1)N/N=C/c1ccc(OCc2cccc(Cl)c2)cc1. The van der Waals surface area contributed by atoms with Crippen molar-refractivity contribution >= 4 is 46.8 Å². The van der Waals surface area contributed by atoms with Gasteiger partial charge in [0.15, 0.2) is 4.34 Å². The summed E-state index contributed by atoms with van der Waals surface area (Å²) in [6, 6.07) is 25.0. The Morgan fingerprint density at radius 2 is 1.91 bits per heavy atom. The minimum Gasteiger partial charge on any atom is -0.489 e. The zero-order chi connectivity index (χ0) is 22.9. The number of benzene rings is 3. The highest BCUT2D eigenvalue weighted by Gasteiger charge is 2.07. The molecule has 0 aliphatic rings. The summed E-state index contributed by atoms with van der Waals surface area (Å²) in [5, 5.41) is 6.71. The molecule has 3 aromatic carbocycles. The molecule has 5 nitrogen and oxygen atoms in total. The number of aromatic nitrogens is 1. The molecule has 0 aliphatic heterocycles. The van der Waals surface area contributed by atoms with Gasteiger partial charge in [0.05, 0.1) is 17.7 Å². The first-order valence-corrected chi connectivity index (χ1v) is 12.3. The van der Waals surface area contributed by atoms with Gasteiger partial charge in [-0.1, -0.05) is 65.8 Å². The molecule has 0 unspecified atom stereocenters. The fraction of sp³-hybridized carbons (Fsp3) is 0.0800. The molecular weight excluding hydrogens is 474 g/mol. The second-order valence-electron chi connectivity index (χ2n) is 6.93. The Balaban J connectivity index is 1.20. The Hall–Kier alpha value is -3.13. The second kappa shape index (κ2) is 11.7. The summed E-state index contributed by atoms with van der Waals surface area (Å²) in [4.78, 5) is 16.7. The highest BCUT2D eigenvalue weighted by Crippen LogP contribution is 2.28. The first-order chi connectivity index (χ1) is 16.2. The lowest BCUT2D eigenvalue weighted by atomic mass is 10.2. The first kappa shape index (κ1) is 23.0. The number of carbonyl (C=O) groups is 1. The summed E-state index contributed by atoms with van der Waals surface area (Å²) < 4.78 is 6.62. The van der Waals surface area contributed by atoms with Crippen LogP contribution < -0.4 is 10.2 Å². The fourth-order valence-electron chi connectivity index (χ4n) is 2.85. The maximum absolute atomic E-state index is 12.1. The molecule has 0 fully saturated rings. The van der Waals surface area contributed by atoms with E-state index in [1.165, 1.54) is 23.1 Å². The number of hydrazone groups is 1. The number of halogens is 1. The molecule has 166 valence electrons. The van der Waals surface area contributed by atoms with Crippen LogP contribution in [0.4, 0.5) is 0 Å². The normalized spacial score (nSPS) is 10.9. The van der Waals surface area contributed by atoms with Crippen LogP contribution in [0.5, 0.6) is 5.75 Å². The van der Waals surface area contributed by atoms with Crippen molar-refractivity contribution in [3.63, 3.8) is 0 Å². The molecule has 0 saturated heterocycles. The summed E-state index contributed by atoms with van der Waals surface area (Å²) in [7, 11) is 0. The molecule has 1 heterocycles. The van der Waals surface area contributed by atoms with Crippen LogP contribution in [0.1, 0.15) is 11.1 Å². The predicted molar refractivity (Wildman–Crippen MR) is 136 cm³/mol. The molecule has 1 amide bonds. The molecule has 33 heavy (non-hydrogen) atoms. The van der Waals surface area contributed by atoms with Gasteiger partial charge in [0.25, 0.3) is 5.91 Å². The Morgan fingerprint density at radius 3 is 2.70 bits per heavy atom. The monoisotopic (exact) mass is 493 g/mol. The van der Waals surface area contributed by atoms with E-state index in [-0.39, 0.29) is 11.7 Å². The number of hydrogen-bond acceptors (Lipinski definition) is 6. The summed E-state index contributed by atoms with van der Waals surface area (Å²) in [6.07, 6.45) is 1.60. The summed E-state index contributed by atoms with van der Waals surface area (Å²) >= 11 is 8.91. The lowest BCUT2D eigenvalue weighted by molar-refractivity contribution is -0.118. The molecule has 0 bridgehead atoms. The van der Waals surface area contributed by atoms with E-state index in [0.29, 0.717) is 11.6 Å². The molecule has 4 aromatic rings. The summed E-state index contributed by atoms with van der Waals surface area (Å²) in [5.74, 6) is 0.801. The Kier molecular flexibility index (Phi) is 8.14. The number of nitrogens with one attached hydrogen (secondary N) is 1. The van der Waals surface area contributed by atoms with Crippen molar-refractivity contribution in [2.45, 2.75) is 10.9 Å². The van der Waals surface area contributed by atoms with Crippen molar-refractivity contribution in [3.05, 3.63) is 100 Å². The van der Waals surface area contributed by atoms with Gasteiger partial charge in [-0.2, -0.15) is 5.10 Å². The van der Waals surface area contributed by atoms with Crippen LogP contribution in [0.25, 0.3) is 11.3 Å². The third-order valence-corrected chi connectivity index (χ3v) is 6.71. The molecule has 0 saturated carbocycles. The standard InChI is InChI=1S/C25H20ClN3O2S2/c26-21-8-4-5-19(13-21)15-31-22-11-9-18(10-12-22)14-27-29-24(30)17-33-25-28-23(16-32-25)20-6-2-1-3-7-20/h1-14,16H,15,17H2,(H,29,30)/b27-14+. The van der Waals surface area contributed by atoms with Gasteiger partial charge in [-0.25, -0.2) is 10.4 Å². The molecule has 0 spiro atoms. The van der Waals surface area contributed by atoms with Gasteiger partial charge in [-0.3, -0.25) is 4.79 Å². The number of carbonyl (C=O) groups excluding carboxylic acids is 1. The number of thiazole rings is 1. The van der Waals surface area contributed by atoms with Crippen molar-refractivity contribution in [2.24, 2.45) is 5.10 Å². The number of nitrogens with zero attached hydrogens (tertiary/aromatic N) is 2. The van der Waals surface area contributed by atoms with Gasteiger partial charge in [-0.05, 0) is 47.5 Å². The van der Waals surface area contributed by atoms with E-state index in [1.807, 2.05) is 84.2 Å². The van der Waals surface area contributed by atoms with Gasteiger partial charge < -0.3 is 4.74 Å². The maximum atomic E-state index is 12.1. The van der Waals surface area contributed by atoms with Crippen LogP contribution in [0, 0.1) is 0 Å². The lowest BCUT2D eigenvalue weighted by Crippen LogP contribution is -2.19. The van der Waals surface area contributed by atoms with Gasteiger partial charge in [0.1, 0.15) is 12.4 Å². The van der Waals surface area contributed by atoms with Crippen LogP contribution >= 0.6 is 34.7 Å². The van der Waals surface area contributed by atoms with Crippen molar-refractivity contribution in [2.75, 3.05) is 5.75 Å². The highest BCUT2D eigenvalue weighted by atomic mass is 35.5. The second-order valence-corrected chi connectivity index (χ2v) is 9.45. The predicted octanol–water partition coefficient (Wildman–Crippen LogP) is 6.28. The van der Waals surface area contributed by atoms with E-state index in [4.69, 9.17) is 16.3 Å². The van der Waals surface area contributed by atoms with Crippen LogP contribution in [0.3, 0.4) is 0 Å². The first-order valence-electron chi connectivity index (χ1n) is 10.1. The Morgan fingerprint density at radius 1 is 1.09 bits per heavy atom. The molecule has 1 aromatic heterocycles. The van der Waals surface area contributed by atoms with E-state index >= 15 is 0 Å². The molecular formula is C25H20ClN3O2S2. The Labute approximate surface area is 205 Å². The van der Waals surface area contributed by atoms with E-state index < -0.39 is 0 Å². The lowest BCUT2D eigenvalue weighted by Gasteiger charge is -2.06. The summed E-state index contributed by atoms with van der Waals surface area (Å²) in [5.41, 5.74) is 6.39. The highest BCUT2D eigenvalue weighted by molar-refractivity contribution is 8.01. The molecule has 0 radical (unpaired) electrons. The van der Waals surface area contributed by atoms with Crippen molar-refractivity contribution in [3.8, 4) is 17.0 Å². The van der Waals surface area contributed by atoms with Gasteiger partial charge in [0, 0.05) is 16.0 Å². The molecule has 4 rings (SSSR count). The van der Waals surface area contributed by atoms with Crippen molar-refractivity contribution < 1.29 is 9.53 Å². The van der Waals surface area contributed by atoms with Crippen LogP contribution in [-0.4, -0.2) is 22.9 Å². The molecule has 0 aliphatic carbocycles. The quantitative estimate of drug-likeness (QED) is 0.169. The minimum absolute atomic E-state index is 0.186. The van der Waals surface area contributed by atoms with Crippen molar-refractivity contribution in [1.29, 1.82) is 0 Å². The van der Waals surface area contributed by atoms with Gasteiger partial charge in [-0.15, -0.1) is 11.3 Å². The largest absolute Gasteiger partial charge is 0.489 e. The fourth-order valence-corrected chi connectivity index (χ4v) is 4.69. The molecule has 1 N–H and O–H groups in total. The van der Waals surface area contributed by atoms with Gasteiger partial charge in [0.2, 0.25) is 0 Å². The number of hydrogen-bond donors (Lipinski definition) is 1. The zero-order valence-corrected chi connectivity index (χ0v) is 19.9. The third-order valence-electron chi connectivity index (χ3n) is 4.46. The number of ether oxygens (including phenoxy) is 1. The average Bonchev–Trinajstić information content (AvgIpc) is 3.32. The van der Waals surface area contributed by atoms with E-state index in [9.17, 15) is 4.79 Å². The number of thioether (sulfide) groups is 1. The van der Waals surface area contributed by atoms with E-state index in [0.717, 1.165) is 32.5 Å². The summed E-state index contributed by atoms with van der Waals surface area (Å²) in [6.45, 7) is 0.438. The zero-order valence-electron chi connectivity index (χ0n) is 17.5. The van der Waals surface area contributed by atoms with E-state index in [1.54, 1.807) is 6.21 Å². The van der Waals surface area contributed by atoms with Crippen LogP contribution in [-0.2, 0) is 11.4 Å². The number of rotatable bonds is 9. The average molecular weight is 494 g/mol. The Bertz CT molecular complexity index is 1230. The maximum Gasteiger partial charge on any atom is 0.250 e.